The third-order valence-corrected chi connectivity index (χ3v) is 5.22. The number of amides is 1. The molecule has 0 bridgehead atoms. The number of carbonyl (C=O) groups excluding carboxylic acids is 1. The van der Waals surface area contributed by atoms with Gasteiger partial charge in [-0.2, -0.15) is 5.10 Å². The fraction of sp³-hybridized carbons (Fsp3) is 0.474. The summed E-state index contributed by atoms with van der Waals surface area (Å²) >= 11 is 0. The van der Waals surface area contributed by atoms with E-state index in [0.29, 0.717) is 12.2 Å². The molecule has 0 saturated carbocycles. The van der Waals surface area contributed by atoms with Crippen LogP contribution in [0.1, 0.15) is 46.6 Å². The molecule has 24 heavy (non-hydrogen) atoms. The molecule has 1 aromatic heterocycles. The molecular weight excluding hydrogens is 300 g/mol. The highest BCUT2D eigenvalue weighted by molar-refractivity contribution is 5.94. The van der Waals surface area contributed by atoms with E-state index in [1.54, 1.807) is 0 Å². The molecule has 0 radical (unpaired) electrons. The van der Waals surface area contributed by atoms with Gasteiger partial charge in [-0.1, -0.05) is 18.2 Å². The van der Waals surface area contributed by atoms with Gasteiger partial charge < -0.3 is 10.6 Å². The summed E-state index contributed by atoms with van der Waals surface area (Å²) in [5.41, 5.74) is 11.3. The molecule has 1 fully saturated rings. The number of fused-ring (bicyclic) bond motifs is 1. The molecule has 1 unspecified atom stereocenters. The summed E-state index contributed by atoms with van der Waals surface area (Å²) in [7, 11) is 0. The van der Waals surface area contributed by atoms with Gasteiger partial charge in [0.2, 0.25) is 0 Å². The monoisotopic (exact) mass is 324 g/mol. The average molecular weight is 324 g/mol. The Bertz CT molecular complexity index is 780. The van der Waals surface area contributed by atoms with Crippen molar-refractivity contribution >= 4 is 5.91 Å². The highest BCUT2D eigenvalue weighted by atomic mass is 16.2. The second-order valence-corrected chi connectivity index (χ2v) is 6.98. The predicted octanol–water partition coefficient (Wildman–Crippen LogP) is 2.23. The first-order valence-corrected chi connectivity index (χ1v) is 8.87. The van der Waals surface area contributed by atoms with E-state index >= 15 is 0 Å². The number of hydrogen-bond acceptors (Lipinski definition) is 3. The summed E-state index contributed by atoms with van der Waals surface area (Å²) in [6.07, 6.45) is 5.01. The van der Waals surface area contributed by atoms with E-state index in [4.69, 9.17) is 10.8 Å². The fourth-order valence-electron chi connectivity index (χ4n) is 3.95. The van der Waals surface area contributed by atoms with E-state index in [2.05, 4.69) is 19.1 Å². The van der Waals surface area contributed by atoms with E-state index in [-0.39, 0.29) is 11.9 Å². The quantitative estimate of drug-likeness (QED) is 0.921. The van der Waals surface area contributed by atoms with Crippen molar-refractivity contribution in [3.8, 4) is 5.69 Å². The van der Waals surface area contributed by atoms with Crippen LogP contribution in [0.3, 0.4) is 0 Å². The minimum Gasteiger partial charge on any atom is -0.336 e. The van der Waals surface area contributed by atoms with E-state index in [1.807, 2.05) is 21.7 Å². The van der Waals surface area contributed by atoms with E-state index in [9.17, 15) is 4.79 Å². The number of aryl methyl sites for hydroxylation is 1. The summed E-state index contributed by atoms with van der Waals surface area (Å²) in [5.74, 6) is 0.0515. The Morgan fingerprint density at radius 3 is 2.88 bits per heavy atom. The van der Waals surface area contributed by atoms with E-state index < -0.39 is 0 Å². The van der Waals surface area contributed by atoms with Crippen LogP contribution in [0.5, 0.6) is 0 Å². The number of benzene rings is 1. The highest BCUT2D eigenvalue weighted by Crippen LogP contribution is 2.30. The van der Waals surface area contributed by atoms with Crippen molar-refractivity contribution in [1.29, 1.82) is 0 Å². The first-order chi connectivity index (χ1) is 11.6. The molecule has 1 saturated heterocycles. The van der Waals surface area contributed by atoms with Crippen LogP contribution in [-0.2, 0) is 12.8 Å². The van der Waals surface area contributed by atoms with Crippen LogP contribution in [0.15, 0.2) is 24.3 Å². The van der Waals surface area contributed by atoms with Crippen molar-refractivity contribution in [1.82, 2.24) is 14.7 Å². The number of aromatic nitrogens is 2. The first-order valence-electron chi connectivity index (χ1n) is 8.87. The van der Waals surface area contributed by atoms with Crippen molar-refractivity contribution in [2.75, 3.05) is 13.1 Å². The van der Waals surface area contributed by atoms with E-state index in [0.717, 1.165) is 49.9 Å². The Morgan fingerprint density at radius 2 is 2.08 bits per heavy atom. The molecule has 1 atom stereocenters. The van der Waals surface area contributed by atoms with Crippen molar-refractivity contribution in [2.45, 2.75) is 45.1 Å². The average Bonchev–Trinajstić information content (AvgIpc) is 3.17. The summed E-state index contributed by atoms with van der Waals surface area (Å²) in [6, 6.07) is 8.31. The summed E-state index contributed by atoms with van der Waals surface area (Å²) in [4.78, 5) is 14.9. The topological polar surface area (TPSA) is 64.2 Å². The van der Waals surface area contributed by atoms with Crippen molar-refractivity contribution in [3.05, 3.63) is 46.8 Å². The van der Waals surface area contributed by atoms with Crippen LogP contribution >= 0.6 is 0 Å². The number of hydrogen-bond donors (Lipinski definition) is 1. The Balaban J connectivity index is 1.74. The van der Waals surface area contributed by atoms with Gasteiger partial charge in [-0.3, -0.25) is 4.79 Å². The Hall–Kier alpha value is -2.14. The lowest BCUT2D eigenvalue weighted by molar-refractivity contribution is 0.0701. The zero-order chi connectivity index (χ0) is 16.7. The largest absolute Gasteiger partial charge is 0.336 e. The SMILES string of the molecule is Cc1ccccc1-n1nc(C(=O)N2CCCC(N)C2)c2c1CCC2. The Labute approximate surface area is 142 Å². The molecule has 2 heterocycles. The number of rotatable bonds is 2. The molecular formula is C19H24N4O. The highest BCUT2D eigenvalue weighted by Gasteiger charge is 2.31. The third kappa shape index (κ3) is 2.53. The lowest BCUT2D eigenvalue weighted by Gasteiger charge is -2.30. The second kappa shape index (κ2) is 6.06. The lowest BCUT2D eigenvalue weighted by Crippen LogP contribution is -2.46. The van der Waals surface area contributed by atoms with Gasteiger partial charge in [-0.25, -0.2) is 4.68 Å². The minimum atomic E-state index is 0.0515. The molecule has 5 nitrogen and oxygen atoms in total. The second-order valence-electron chi connectivity index (χ2n) is 6.98. The van der Waals surface area contributed by atoms with Crippen LogP contribution in [0.4, 0.5) is 0 Å². The molecule has 2 aromatic rings. The molecule has 1 aromatic carbocycles. The van der Waals surface area contributed by atoms with Crippen molar-refractivity contribution in [2.24, 2.45) is 5.73 Å². The molecule has 2 N–H and O–H groups in total. The number of carbonyl (C=O) groups is 1. The van der Waals surface area contributed by atoms with Gasteiger partial charge >= 0.3 is 0 Å². The molecule has 4 rings (SSSR count). The fourth-order valence-corrected chi connectivity index (χ4v) is 3.95. The molecule has 2 aliphatic rings. The Kier molecular flexibility index (Phi) is 3.88. The van der Waals surface area contributed by atoms with Gasteiger partial charge in [-0.05, 0) is 50.7 Å². The molecule has 5 heteroatoms. The van der Waals surface area contributed by atoms with Gasteiger partial charge in [0.1, 0.15) is 0 Å². The minimum absolute atomic E-state index is 0.0515. The van der Waals surface area contributed by atoms with Gasteiger partial charge in [-0.15, -0.1) is 0 Å². The number of piperidine rings is 1. The van der Waals surface area contributed by atoms with Gasteiger partial charge in [0.05, 0.1) is 5.69 Å². The van der Waals surface area contributed by atoms with Crippen LogP contribution in [0.25, 0.3) is 5.69 Å². The van der Waals surface area contributed by atoms with Crippen LogP contribution < -0.4 is 5.73 Å². The standard InChI is InChI=1S/C19H24N4O/c1-13-6-2-3-9-16(13)23-17-10-4-8-15(17)18(21-23)19(24)22-11-5-7-14(20)12-22/h2-3,6,9,14H,4-5,7-8,10-12,20H2,1H3. The third-order valence-electron chi connectivity index (χ3n) is 5.22. The van der Waals surface area contributed by atoms with Crippen LogP contribution in [0, 0.1) is 6.92 Å². The van der Waals surface area contributed by atoms with Gasteiger partial charge in [0.15, 0.2) is 5.69 Å². The van der Waals surface area contributed by atoms with Crippen LogP contribution in [-0.4, -0.2) is 39.7 Å². The summed E-state index contributed by atoms with van der Waals surface area (Å²) in [5, 5.41) is 4.75. The number of nitrogens with zero attached hydrogens (tertiary/aromatic N) is 3. The predicted molar refractivity (Wildman–Crippen MR) is 93.4 cm³/mol. The van der Waals surface area contributed by atoms with Crippen LogP contribution in [0.2, 0.25) is 0 Å². The summed E-state index contributed by atoms with van der Waals surface area (Å²) in [6.45, 7) is 3.52. The number of para-hydroxylation sites is 1. The maximum absolute atomic E-state index is 13.0. The zero-order valence-electron chi connectivity index (χ0n) is 14.2. The van der Waals surface area contributed by atoms with E-state index in [1.165, 1.54) is 11.3 Å². The zero-order valence-corrected chi connectivity index (χ0v) is 14.2. The first kappa shape index (κ1) is 15.4. The van der Waals surface area contributed by atoms with Gasteiger partial charge in [0, 0.05) is 30.4 Å². The normalized spacial score (nSPS) is 20.2. The molecule has 1 amide bonds. The van der Waals surface area contributed by atoms with Gasteiger partial charge in [0.25, 0.3) is 5.91 Å². The molecule has 0 spiro atoms. The number of likely N-dealkylation sites (tertiary alicyclic amines) is 1. The maximum atomic E-state index is 13.0. The molecule has 126 valence electrons. The van der Waals surface area contributed by atoms with Crippen molar-refractivity contribution in [3.63, 3.8) is 0 Å². The number of nitrogens with two attached hydrogens (primary N) is 1. The lowest BCUT2D eigenvalue weighted by atomic mass is 10.1. The van der Waals surface area contributed by atoms with Crippen molar-refractivity contribution < 1.29 is 4.79 Å². The maximum Gasteiger partial charge on any atom is 0.274 e. The Morgan fingerprint density at radius 1 is 1.25 bits per heavy atom. The molecule has 1 aliphatic heterocycles. The molecule has 1 aliphatic carbocycles. The summed E-state index contributed by atoms with van der Waals surface area (Å²) < 4.78 is 1.99. The smallest absolute Gasteiger partial charge is 0.274 e.